The van der Waals surface area contributed by atoms with Crippen molar-refractivity contribution in [3.05, 3.63) is 11.8 Å². The molecule has 4 heteroatoms. The lowest BCUT2D eigenvalue weighted by atomic mass is 10.4. The Bertz CT molecular complexity index is 171. The van der Waals surface area contributed by atoms with Gasteiger partial charge in [-0.3, -0.25) is 5.73 Å². The van der Waals surface area contributed by atoms with E-state index in [0.717, 1.165) is 5.70 Å². The third-order valence-corrected chi connectivity index (χ3v) is 0.977. The second kappa shape index (κ2) is 1.82. The first-order valence-electron chi connectivity index (χ1n) is 2.62. The van der Waals surface area contributed by atoms with Crippen LogP contribution in [-0.4, -0.2) is 17.3 Å². The average molecular weight is 127 g/mol. The highest BCUT2D eigenvalue weighted by Gasteiger charge is 2.18. The number of aliphatic imine (C=N–C) groups is 1. The Morgan fingerprint density at radius 3 is 2.89 bits per heavy atom. The van der Waals surface area contributed by atoms with Crippen LogP contribution in [0.3, 0.4) is 0 Å². The summed E-state index contributed by atoms with van der Waals surface area (Å²) in [5, 5.41) is 11.5. The van der Waals surface area contributed by atoms with Gasteiger partial charge in [-0.1, -0.05) is 0 Å². The van der Waals surface area contributed by atoms with Crippen LogP contribution >= 0.6 is 0 Å². The van der Waals surface area contributed by atoms with E-state index in [2.05, 4.69) is 10.3 Å². The van der Waals surface area contributed by atoms with Gasteiger partial charge in [-0.15, -0.1) is 0 Å². The lowest BCUT2D eigenvalue weighted by Gasteiger charge is -2.22. The number of hydrogen-bond acceptors (Lipinski definition) is 4. The van der Waals surface area contributed by atoms with Gasteiger partial charge in [0, 0.05) is 11.9 Å². The second-order valence-corrected chi connectivity index (χ2v) is 1.98. The van der Waals surface area contributed by atoms with Gasteiger partial charge in [0.25, 0.3) is 5.97 Å². The first-order valence-corrected chi connectivity index (χ1v) is 2.62. The number of rotatable bonds is 0. The summed E-state index contributed by atoms with van der Waals surface area (Å²) >= 11 is 0. The molecule has 0 spiro atoms. The van der Waals surface area contributed by atoms with E-state index in [4.69, 9.17) is 10.8 Å². The number of nitrogens with zero attached hydrogens (tertiary/aromatic N) is 1. The van der Waals surface area contributed by atoms with E-state index >= 15 is 0 Å². The van der Waals surface area contributed by atoms with Crippen molar-refractivity contribution in [3.63, 3.8) is 0 Å². The van der Waals surface area contributed by atoms with Crippen LogP contribution in [0.4, 0.5) is 0 Å². The van der Waals surface area contributed by atoms with E-state index in [0.29, 0.717) is 0 Å². The molecule has 0 radical (unpaired) electrons. The molecule has 1 heterocycles. The van der Waals surface area contributed by atoms with Crippen molar-refractivity contribution in [2.45, 2.75) is 12.9 Å². The number of nitrogens with one attached hydrogen (secondary N) is 1. The van der Waals surface area contributed by atoms with Crippen LogP contribution in [-0.2, 0) is 0 Å². The lowest BCUT2D eigenvalue weighted by Crippen LogP contribution is -2.52. The Hall–Kier alpha value is -0.870. The van der Waals surface area contributed by atoms with Gasteiger partial charge in [0.15, 0.2) is 0 Å². The molecule has 0 aliphatic carbocycles. The third kappa shape index (κ3) is 1.51. The number of aliphatic hydroxyl groups is 1. The molecule has 50 valence electrons. The van der Waals surface area contributed by atoms with E-state index in [1.54, 1.807) is 13.0 Å². The van der Waals surface area contributed by atoms with Gasteiger partial charge in [0.1, 0.15) is 0 Å². The minimum absolute atomic E-state index is 0.801. The molecule has 0 fully saturated rings. The number of hydrogen-bond donors (Lipinski definition) is 3. The van der Waals surface area contributed by atoms with Crippen molar-refractivity contribution in [1.82, 2.24) is 5.32 Å². The molecule has 0 aromatic carbocycles. The van der Waals surface area contributed by atoms with Gasteiger partial charge in [0.2, 0.25) is 0 Å². The van der Waals surface area contributed by atoms with Crippen molar-refractivity contribution in [3.8, 4) is 0 Å². The molecule has 0 saturated carbocycles. The lowest BCUT2D eigenvalue weighted by molar-refractivity contribution is 0.0304. The Morgan fingerprint density at radius 2 is 2.56 bits per heavy atom. The van der Waals surface area contributed by atoms with Crippen molar-refractivity contribution in [2.24, 2.45) is 10.7 Å². The van der Waals surface area contributed by atoms with Crippen LogP contribution in [0, 0.1) is 0 Å². The molecule has 0 aromatic rings. The topological polar surface area (TPSA) is 70.6 Å². The fraction of sp³-hybridized carbons (Fsp3) is 0.400. The van der Waals surface area contributed by atoms with Gasteiger partial charge >= 0.3 is 0 Å². The standard InChI is InChI=1S/C5H9N3O/c1-4-2-3-7-5(6,9)8-4/h2-3,8-9H,6H2,1H3. The zero-order valence-electron chi connectivity index (χ0n) is 5.13. The largest absolute Gasteiger partial charge is 0.340 e. The molecule has 0 bridgehead atoms. The van der Waals surface area contributed by atoms with E-state index in [9.17, 15) is 0 Å². The molecule has 1 rings (SSSR count). The molecule has 0 saturated heterocycles. The van der Waals surface area contributed by atoms with Crippen LogP contribution in [0.2, 0.25) is 0 Å². The Kier molecular flexibility index (Phi) is 1.27. The van der Waals surface area contributed by atoms with Crippen LogP contribution in [0.15, 0.2) is 16.8 Å². The Morgan fingerprint density at radius 1 is 1.89 bits per heavy atom. The summed E-state index contributed by atoms with van der Waals surface area (Å²) in [6.45, 7) is 1.79. The van der Waals surface area contributed by atoms with E-state index in [-0.39, 0.29) is 0 Å². The molecule has 1 unspecified atom stereocenters. The van der Waals surface area contributed by atoms with Gasteiger partial charge in [0.05, 0.1) is 0 Å². The molecular formula is C5H9N3O. The number of allylic oxidation sites excluding steroid dienone is 2. The predicted octanol–water partition coefficient (Wildman–Crippen LogP) is -0.874. The smallest absolute Gasteiger partial charge is 0.294 e. The first-order chi connectivity index (χ1) is 4.10. The van der Waals surface area contributed by atoms with Crippen molar-refractivity contribution in [1.29, 1.82) is 0 Å². The highest BCUT2D eigenvalue weighted by atomic mass is 16.3. The Labute approximate surface area is 53.1 Å². The highest BCUT2D eigenvalue weighted by Crippen LogP contribution is 2.00. The molecule has 1 aliphatic rings. The van der Waals surface area contributed by atoms with Crippen molar-refractivity contribution in [2.75, 3.05) is 0 Å². The summed E-state index contributed by atoms with van der Waals surface area (Å²) in [5.41, 5.74) is 5.97. The van der Waals surface area contributed by atoms with Crippen LogP contribution < -0.4 is 11.1 Å². The summed E-state index contributed by atoms with van der Waals surface area (Å²) < 4.78 is 0. The van der Waals surface area contributed by atoms with Gasteiger partial charge < -0.3 is 10.4 Å². The zero-order chi connectivity index (χ0) is 6.91. The second-order valence-electron chi connectivity index (χ2n) is 1.98. The van der Waals surface area contributed by atoms with Crippen molar-refractivity contribution < 1.29 is 5.11 Å². The molecule has 1 atom stereocenters. The quantitative estimate of drug-likeness (QED) is 0.370. The summed E-state index contributed by atoms with van der Waals surface area (Å²) in [6.07, 6.45) is 3.19. The molecular weight excluding hydrogens is 118 g/mol. The van der Waals surface area contributed by atoms with Gasteiger partial charge in [-0.25, -0.2) is 4.99 Å². The van der Waals surface area contributed by atoms with E-state index < -0.39 is 5.97 Å². The van der Waals surface area contributed by atoms with Crippen LogP contribution in [0.5, 0.6) is 0 Å². The fourth-order valence-electron chi connectivity index (χ4n) is 0.627. The van der Waals surface area contributed by atoms with Gasteiger partial charge in [-0.2, -0.15) is 0 Å². The SMILES string of the molecule is CC1=CC=NC(N)(O)N1. The molecule has 4 N–H and O–H groups in total. The highest BCUT2D eigenvalue weighted by molar-refractivity contribution is 5.73. The fourth-order valence-corrected chi connectivity index (χ4v) is 0.627. The molecule has 0 amide bonds. The average Bonchev–Trinajstić information content (AvgIpc) is 1.60. The summed E-state index contributed by atoms with van der Waals surface area (Å²) in [4.78, 5) is 3.53. The maximum atomic E-state index is 8.97. The van der Waals surface area contributed by atoms with Crippen LogP contribution in [0.25, 0.3) is 0 Å². The first kappa shape index (κ1) is 6.25. The van der Waals surface area contributed by atoms with Crippen LogP contribution in [0.1, 0.15) is 6.92 Å². The third-order valence-electron chi connectivity index (χ3n) is 0.977. The van der Waals surface area contributed by atoms with Crippen molar-refractivity contribution >= 4 is 6.21 Å². The summed E-state index contributed by atoms with van der Waals surface area (Å²) in [6, 6.07) is 0. The molecule has 0 aromatic heterocycles. The van der Waals surface area contributed by atoms with E-state index in [1.165, 1.54) is 6.21 Å². The Balaban J connectivity index is 2.73. The zero-order valence-corrected chi connectivity index (χ0v) is 5.13. The monoisotopic (exact) mass is 127 g/mol. The minimum atomic E-state index is -1.60. The molecule has 9 heavy (non-hydrogen) atoms. The number of nitrogens with two attached hydrogens (primary N) is 1. The minimum Gasteiger partial charge on any atom is -0.340 e. The van der Waals surface area contributed by atoms with E-state index in [1.807, 2.05) is 0 Å². The van der Waals surface area contributed by atoms with Gasteiger partial charge in [-0.05, 0) is 13.0 Å². The molecule has 1 aliphatic heterocycles. The normalized spacial score (nSPS) is 33.4. The maximum absolute atomic E-state index is 8.97. The predicted molar refractivity (Wildman–Crippen MR) is 34.5 cm³/mol. The maximum Gasteiger partial charge on any atom is 0.294 e. The summed E-state index contributed by atoms with van der Waals surface area (Å²) in [5.74, 6) is -1.60. The summed E-state index contributed by atoms with van der Waals surface area (Å²) in [7, 11) is 0. The molecule has 4 nitrogen and oxygen atoms in total.